The SMILES string of the molecule is Cc1nn(-c2ccccc2)c(C)c1/C=N/Nc1ccc(S(N)(=O)=O)cc1. The molecule has 0 unspecified atom stereocenters. The molecule has 134 valence electrons. The Labute approximate surface area is 152 Å². The van der Waals surface area contributed by atoms with E-state index in [1.54, 1.807) is 18.3 Å². The van der Waals surface area contributed by atoms with Gasteiger partial charge < -0.3 is 0 Å². The van der Waals surface area contributed by atoms with Crippen LogP contribution in [0.5, 0.6) is 0 Å². The second kappa shape index (κ2) is 7.11. The van der Waals surface area contributed by atoms with Gasteiger partial charge >= 0.3 is 0 Å². The third-order valence-electron chi connectivity index (χ3n) is 3.92. The van der Waals surface area contributed by atoms with Gasteiger partial charge in [-0.25, -0.2) is 18.2 Å². The van der Waals surface area contributed by atoms with Crippen molar-refractivity contribution in [2.45, 2.75) is 18.7 Å². The Balaban J connectivity index is 1.78. The van der Waals surface area contributed by atoms with Gasteiger partial charge in [0.2, 0.25) is 10.0 Å². The molecule has 1 aromatic heterocycles. The molecule has 2 aromatic carbocycles. The van der Waals surface area contributed by atoms with Crippen LogP contribution in [0, 0.1) is 13.8 Å². The van der Waals surface area contributed by atoms with Gasteiger partial charge in [0.15, 0.2) is 0 Å². The van der Waals surface area contributed by atoms with E-state index >= 15 is 0 Å². The van der Waals surface area contributed by atoms with E-state index < -0.39 is 10.0 Å². The number of rotatable bonds is 5. The average Bonchev–Trinajstić information content (AvgIpc) is 2.90. The number of para-hydroxylation sites is 1. The van der Waals surface area contributed by atoms with Crippen molar-refractivity contribution in [1.29, 1.82) is 0 Å². The topological polar surface area (TPSA) is 102 Å². The number of sulfonamides is 1. The molecule has 7 nitrogen and oxygen atoms in total. The van der Waals surface area contributed by atoms with E-state index in [2.05, 4.69) is 15.6 Å². The molecular formula is C18H19N5O2S. The van der Waals surface area contributed by atoms with E-state index in [1.165, 1.54) is 12.1 Å². The molecule has 8 heteroatoms. The molecule has 3 rings (SSSR count). The highest BCUT2D eigenvalue weighted by Gasteiger charge is 2.11. The first-order valence-electron chi connectivity index (χ1n) is 7.90. The molecule has 3 aromatic rings. The van der Waals surface area contributed by atoms with Crippen molar-refractivity contribution >= 4 is 21.9 Å². The van der Waals surface area contributed by atoms with Gasteiger partial charge in [0.05, 0.1) is 33.9 Å². The minimum Gasteiger partial charge on any atom is -0.279 e. The number of anilines is 1. The maximum absolute atomic E-state index is 11.3. The Kier molecular flexibility index (Phi) is 4.88. The summed E-state index contributed by atoms with van der Waals surface area (Å²) in [6, 6.07) is 15.9. The van der Waals surface area contributed by atoms with Crippen LogP contribution < -0.4 is 10.6 Å². The van der Waals surface area contributed by atoms with Crippen molar-refractivity contribution in [3.63, 3.8) is 0 Å². The standard InChI is InChI=1S/C18H19N5O2S/c1-13-18(14(2)23(22-13)16-6-4-3-5-7-16)12-20-21-15-8-10-17(11-9-15)26(19,24)25/h3-12,21H,1-2H3,(H2,19,24,25)/b20-12+. The predicted octanol–water partition coefficient (Wildman–Crippen LogP) is 2.58. The highest BCUT2D eigenvalue weighted by molar-refractivity contribution is 7.89. The highest BCUT2D eigenvalue weighted by Crippen LogP contribution is 2.17. The zero-order chi connectivity index (χ0) is 18.7. The monoisotopic (exact) mass is 369 g/mol. The van der Waals surface area contributed by atoms with E-state index in [9.17, 15) is 8.42 Å². The van der Waals surface area contributed by atoms with Crippen LogP contribution in [0.4, 0.5) is 5.69 Å². The number of hydrogen-bond donors (Lipinski definition) is 2. The molecule has 0 fully saturated rings. The van der Waals surface area contributed by atoms with Gasteiger partial charge in [-0.1, -0.05) is 18.2 Å². The van der Waals surface area contributed by atoms with Gasteiger partial charge in [-0.15, -0.1) is 0 Å². The summed E-state index contributed by atoms with van der Waals surface area (Å²) in [4.78, 5) is 0.0582. The van der Waals surface area contributed by atoms with Crippen LogP contribution in [-0.4, -0.2) is 24.4 Å². The lowest BCUT2D eigenvalue weighted by molar-refractivity contribution is 0.598. The second-order valence-corrected chi connectivity index (χ2v) is 7.33. The highest BCUT2D eigenvalue weighted by atomic mass is 32.2. The number of hydrazone groups is 1. The van der Waals surface area contributed by atoms with Gasteiger partial charge in [-0.3, -0.25) is 5.43 Å². The first-order chi connectivity index (χ1) is 12.4. The summed E-state index contributed by atoms with van der Waals surface area (Å²) in [6.45, 7) is 3.91. The van der Waals surface area contributed by atoms with E-state index in [0.29, 0.717) is 5.69 Å². The first kappa shape index (κ1) is 17.8. The van der Waals surface area contributed by atoms with Gasteiger partial charge in [-0.05, 0) is 50.2 Å². The third kappa shape index (κ3) is 3.81. The Morgan fingerprint density at radius 2 is 1.73 bits per heavy atom. The first-order valence-corrected chi connectivity index (χ1v) is 9.44. The maximum Gasteiger partial charge on any atom is 0.238 e. The lowest BCUT2D eigenvalue weighted by Gasteiger charge is -2.04. The quantitative estimate of drug-likeness (QED) is 0.533. The second-order valence-electron chi connectivity index (χ2n) is 5.77. The van der Waals surface area contributed by atoms with Crippen molar-refractivity contribution in [3.05, 3.63) is 71.5 Å². The molecule has 0 saturated heterocycles. The van der Waals surface area contributed by atoms with Crippen LogP contribution >= 0.6 is 0 Å². The van der Waals surface area contributed by atoms with E-state index in [0.717, 1.165) is 22.6 Å². The minimum atomic E-state index is -3.70. The third-order valence-corrected chi connectivity index (χ3v) is 4.85. The van der Waals surface area contributed by atoms with Crippen molar-refractivity contribution in [2.24, 2.45) is 10.2 Å². The number of nitrogens with one attached hydrogen (secondary N) is 1. The minimum absolute atomic E-state index is 0.0582. The van der Waals surface area contributed by atoms with Crippen LogP contribution in [0.25, 0.3) is 5.69 Å². The lowest BCUT2D eigenvalue weighted by Crippen LogP contribution is -2.11. The number of nitrogens with zero attached hydrogens (tertiary/aromatic N) is 3. The summed E-state index contributed by atoms with van der Waals surface area (Å²) in [5.74, 6) is 0. The van der Waals surface area contributed by atoms with Crippen LogP contribution in [0.2, 0.25) is 0 Å². The number of benzene rings is 2. The molecule has 0 bridgehead atoms. The van der Waals surface area contributed by atoms with Crippen molar-refractivity contribution < 1.29 is 8.42 Å². The number of nitrogens with two attached hydrogens (primary N) is 1. The molecule has 0 amide bonds. The molecule has 0 radical (unpaired) electrons. The molecule has 0 saturated carbocycles. The number of aromatic nitrogens is 2. The summed E-state index contributed by atoms with van der Waals surface area (Å²) in [7, 11) is -3.70. The van der Waals surface area contributed by atoms with Crippen LogP contribution in [0.15, 0.2) is 64.6 Å². The largest absolute Gasteiger partial charge is 0.279 e. The summed E-state index contributed by atoms with van der Waals surface area (Å²) >= 11 is 0. The Hall–Kier alpha value is -2.97. The fourth-order valence-corrected chi connectivity index (χ4v) is 3.07. The fraction of sp³-hybridized carbons (Fsp3) is 0.111. The van der Waals surface area contributed by atoms with Crippen LogP contribution in [0.3, 0.4) is 0 Å². The molecule has 1 heterocycles. The Bertz CT molecular complexity index is 1040. The molecule has 0 aliphatic heterocycles. The Morgan fingerprint density at radius 1 is 1.08 bits per heavy atom. The number of aryl methyl sites for hydroxylation is 1. The van der Waals surface area contributed by atoms with E-state index in [1.807, 2.05) is 48.9 Å². The maximum atomic E-state index is 11.3. The summed E-state index contributed by atoms with van der Waals surface area (Å²) < 4.78 is 24.4. The lowest BCUT2D eigenvalue weighted by atomic mass is 10.2. The van der Waals surface area contributed by atoms with Gasteiger partial charge in [0, 0.05) is 5.56 Å². The normalized spacial score (nSPS) is 11.8. The molecule has 0 spiro atoms. The van der Waals surface area contributed by atoms with Gasteiger partial charge in [0.25, 0.3) is 0 Å². The Morgan fingerprint density at radius 3 is 2.35 bits per heavy atom. The van der Waals surface area contributed by atoms with Crippen molar-refractivity contribution in [3.8, 4) is 5.69 Å². The van der Waals surface area contributed by atoms with Gasteiger partial charge in [0.1, 0.15) is 0 Å². The molecular weight excluding hydrogens is 350 g/mol. The summed E-state index contributed by atoms with van der Waals surface area (Å²) in [5, 5.41) is 13.9. The predicted molar refractivity (Wildman–Crippen MR) is 102 cm³/mol. The summed E-state index contributed by atoms with van der Waals surface area (Å²) in [6.07, 6.45) is 1.70. The molecule has 0 atom stereocenters. The molecule has 0 aliphatic carbocycles. The number of hydrogen-bond acceptors (Lipinski definition) is 5. The van der Waals surface area contributed by atoms with Crippen LogP contribution in [-0.2, 0) is 10.0 Å². The fourth-order valence-electron chi connectivity index (χ4n) is 2.55. The zero-order valence-electron chi connectivity index (χ0n) is 14.4. The smallest absolute Gasteiger partial charge is 0.238 e. The van der Waals surface area contributed by atoms with Crippen molar-refractivity contribution in [1.82, 2.24) is 9.78 Å². The van der Waals surface area contributed by atoms with E-state index in [-0.39, 0.29) is 4.90 Å². The van der Waals surface area contributed by atoms with E-state index in [4.69, 9.17) is 5.14 Å². The zero-order valence-corrected chi connectivity index (χ0v) is 15.2. The van der Waals surface area contributed by atoms with Gasteiger partial charge in [-0.2, -0.15) is 10.2 Å². The molecule has 0 aliphatic rings. The average molecular weight is 369 g/mol. The van der Waals surface area contributed by atoms with Crippen molar-refractivity contribution in [2.75, 3.05) is 5.43 Å². The van der Waals surface area contributed by atoms with Crippen LogP contribution in [0.1, 0.15) is 17.0 Å². The molecule has 26 heavy (non-hydrogen) atoms. The molecule has 3 N–H and O–H groups in total. The number of primary sulfonamides is 1. The summed E-state index contributed by atoms with van der Waals surface area (Å²) in [5.41, 5.74) is 7.27.